The molecule has 1 fully saturated rings. The number of benzene rings is 1. The number of carbonyl (C=O) groups is 2. The molecular weight excluding hydrogens is 346 g/mol. The van der Waals surface area contributed by atoms with Crippen molar-refractivity contribution in [3.8, 4) is 5.75 Å². The number of hydrogen-bond acceptors (Lipinski definition) is 5. The Morgan fingerprint density at radius 3 is 2.74 bits per heavy atom. The summed E-state index contributed by atoms with van der Waals surface area (Å²) in [7, 11) is 0. The second-order valence-electron chi connectivity index (χ2n) is 7.00. The van der Waals surface area contributed by atoms with Crippen molar-refractivity contribution >= 4 is 11.8 Å². The Morgan fingerprint density at radius 2 is 2.04 bits per heavy atom. The van der Waals surface area contributed by atoms with Crippen LogP contribution >= 0.6 is 0 Å². The third-order valence-corrected chi connectivity index (χ3v) is 5.08. The van der Waals surface area contributed by atoms with E-state index < -0.39 is 5.97 Å². The van der Waals surface area contributed by atoms with Crippen LogP contribution in [-0.4, -0.2) is 40.7 Å². The molecule has 6 heteroatoms. The van der Waals surface area contributed by atoms with Crippen molar-refractivity contribution in [3.05, 3.63) is 52.3 Å². The Bertz CT molecular complexity index is 862. The van der Waals surface area contributed by atoms with Crippen molar-refractivity contribution in [2.24, 2.45) is 0 Å². The van der Waals surface area contributed by atoms with Crippen molar-refractivity contribution < 1.29 is 24.2 Å². The number of ketones is 1. The molecule has 1 N–H and O–H groups in total. The summed E-state index contributed by atoms with van der Waals surface area (Å²) in [5, 5.41) is 9.97. The Hall–Kier alpha value is -2.60. The first-order chi connectivity index (χ1) is 12.9. The van der Waals surface area contributed by atoms with E-state index in [1.165, 1.54) is 6.07 Å². The molecule has 0 saturated carbocycles. The Kier molecular flexibility index (Phi) is 5.65. The summed E-state index contributed by atoms with van der Waals surface area (Å²) in [5.74, 6) is -1.09. The first-order valence-corrected chi connectivity index (χ1v) is 9.15. The zero-order valence-corrected chi connectivity index (χ0v) is 15.9. The molecule has 0 unspecified atom stereocenters. The van der Waals surface area contributed by atoms with Gasteiger partial charge < -0.3 is 19.1 Å². The van der Waals surface area contributed by atoms with Crippen molar-refractivity contribution in [2.45, 2.75) is 46.3 Å². The summed E-state index contributed by atoms with van der Waals surface area (Å²) in [6, 6.07) is 6.65. The minimum Gasteiger partial charge on any atom is -0.507 e. The SMILES string of the molecule is Cc1cccc(C(=O)OCC(=O)c2cc(C)n(C[C@H]3CCCO3)c2C)c1O. The van der Waals surface area contributed by atoms with Crippen LogP contribution in [0.15, 0.2) is 24.3 Å². The lowest BCUT2D eigenvalue weighted by atomic mass is 10.1. The van der Waals surface area contributed by atoms with Crippen molar-refractivity contribution in [1.82, 2.24) is 4.57 Å². The Morgan fingerprint density at radius 1 is 1.26 bits per heavy atom. The molecule has 1 saturated heterocycles. The summed E-state index contributed by atoms with van der Waals surface area (Å²) in [6.45, 7) is 6.69. The average molecular weight is 371 g/mol. The van der Waals surface area contributed by atoms with Crippen LogP contribution in [0.5, 0.6) is 5.75 Å². The van der Waals surface area contributed by atoms with Gasteiger partial charge in [0, 0.05) is 30.1 Å². The maximum absolute atomic E-state index is 12.6. The molecule has 1 aromatic heterocycles. The van der Waals surface area contributed by atoms with Crippen LogP contribution in [-0.2, 0) is 16.0 Å². The lowest BCUT2D eigenvalue weighted by molar-refractivity contribution is 0.0471. The van der Waals surface area contributed by atoms with Gasteiger partial charge in [-0.15, -0.1) is 0 Å². The molecule has 1 aliphatic rings. The van der Waals surface area contributed by atoms with Crippen molar-refractivity contribution in [2.75, 3.05) is 13.2 Å². The molecular formula is C21H25NO5. The normalized spacial score (nSPS) is 16.5. The van der Waals surface area contributed by atoms with Gasteiger partial charge in [0.2, 0.25) is 5.78 Å². The predicted octanol–water partition coefficient (Wildman–Crippen LogP) is 3.34. The van der Waals surface area contributed by atoms with Crippen LogP contribution in [0.1, 0.15) is 50.5 Å². The van der Waals surface area contributed by atoms with Crippen LogP contribution < -0.4 is 0 Å². The fourth-order valence-corrected chi connectivity index (χ4v) is 3.47. The van der Waals surface area contributed by atoms with Crippen molar-refractivity contribution in [3.63, 3.8) is 0 Å². The number of phenolic OH excluding ortho intramolecular Hbond substituents is 1. The molecule has 1 aliphatic heterocycles. The van der Waals surface area contributed by atoms with Crippen molar-refractivity contribution in [1.29, 1.82) is 0 Å². The Balaban J connectivity index is 1.67. The highest BCUT2D eigenvalue weighted by molar-refractivity contribution is 6.01. The van der Waals surface area contributed by atoms with E-state index in [2.05, 4.69) is 4.57 Å². The predicted molar refractivity (Wildman–Crippen MR) is 100 cm³/mol. The lowest BCUT2D eigenvalue weighted by Crippen LogP contribution is -2.18. The topological polar surface area (TPSA) is 77.8 Å². The molecule has 6 nitrogen and oxygen atoms in total. The zero-order valence-electron chi connectivity index (χ0n) is 15.9. The van der Waals surface area contributed by atoms with E-state index in [9.17, 15) is 14.7 Å². The number of para-hydroxylation sites is 1. The second-order valence-corrected chi connectivity index (χ2v) is 7.00. The number of carbonyl (C=O) groups excluding carboxylic acids is 2. The number of nitrogens with zero attached hydrogens (tertiary/aromatic N) is 1. The molecule has 2 heterocycles. The highest BCUT2D eigenvalue weighted by Gasteiger charge is 2.22. The third-order valence-electron chi connectivity index (χ3n) is 5.08. The molecule has 27 heavy (non-hydrogen) atoms. The van der Waals surface area contributed by atoms with Gasteiger partial charge in [0.05, 0.1) is 6.10 Å². The standard InChI is InChI=1S/C21H25NO5/c1-13-6-4-8-17(20(13)24)21(25)27-12-19(23)18-10-14(2)22(15(18)3)11-16-7-5-9-26-16/h4,6,8,10,16,24H,5,7,9,11-12H2,1-3H3/t16-/m1/s1. The molecule has 144 valence electrons. The maximum atomic E-state index is 12.6. The minimum absolute atomic E-state index is 0.0617. The van der Waals surface area contributed by atoms with E-state index in [0.29, 0.717) is 11.1 Å². The van der Waals surface area contributed by atoms with E-state index in [1.54, 1.807) is 19.1 Å². The van der Waals surface area contributed by atoms with Crippen LogP contribution in [0.25, 0.3) is 0 Å². The maximum Gasteiger partial charge on any atom is 0.342 e. The lowest BCUT2D eigenvalue weighted by Gasteiger charge is -2.14. The highest BCUT2D eigenvalue weighted by atomic mass is 16.5. The number of phenols is 1. The molecule has 1 atom stereocenters. The number of rotatable bonds is 6. The minimum atomic E-state index is -0.710. The summed E-state index contributed by atoms with van der Waals surface area (Å²) in [5.41, 5.74) is 3.02. The number of Topliss-reactive ketones (excluding diaryl/α,β-unsaturated/α-hetero) is 1. The van der Waals surface area contributed by atoms with E-state index in [0.717, 1.165) is 37.4 Å². The van der Waals surface area contributed by atoms with Gasteiger partial charge in [-0.3, -0.25) is 4.79 Å². The van der Waals surface area contributed by atoms with E-state index in [1.807, 2.05) is 19.9 Å². The summed E-state index contributed by atoms with van der Waals surface area (Å²) in [4.78, 5) is 24.8. The smallest absolute Gasteiger partial charge is 0.342 e. The summed E-state index contributed by atoms with van der Waals surface area (Å²) in [6.07, 6.45) is 2.27. The molecule has 2 aromatic rings. The number of aromatic hydroxyl groups is 1. The third kappa shape index (κ3) is 4.06. The number of esters is 1. The van der Waals surface area contributed by atoms with Gasteiger partial charge in [-0.1, -0.05) is 12.1 Å². The first-order valence-electron chi connectivity index (χ1n) is 9.15. The number of aryl methyl sites for hydroxylation is 2. The Labute approximate surface area is 158 Å². The highest BCUT2D eigenvalue weighted by Crippen LogP contribution is 2.23. The van der Waals surface area contributed by atoms with Gasteiger partial charge in [0.25, 0.3) is 0 Å². The fraction of sp³-hybridized carbons (Fsp3) is 0.429. The van der Waals surface area contributed by atoms with Gasteiger partial charge in [0.1, 0.15) is 11.3 Å². The van der Waals surface area contributed by atoms with Gasteiger partial charge in [-0.25, -0.2) is 4.79 Å². The van der Waals surface area contributed by atoms with Gasteiger partial charge in [-0.05, 0) is 51.3 Å². The molecule has 0 radical (unpaired) electrons. The van der Waals surface area contributed by atoms with E-state index in [-0.39, 0.29) is 29.8 Å². The molecule has 0 spiro atoms. The molecule has 3 rings (SSSR count). The zero-order chi connectivity index (χ0) is 19.6. The van der Waals surface area contributed by atoms with Crippen LogP contribution in [0.4, 0.5) is 0 Å². The number of ether oxygens (including phenoxy) is 2. The molecule has 0 amide bonds. The average Bonchev–Trinajstić information content (AvgIpc) is 3.25. The van der Waals surface area contributed by atoms with Gasteiger partial charge in [0.15, 0.2) is 6.61 Å². The van der Waals surface area contributed by atoms with Crippen LogP contribution in [0.2, 0.25) is 0 Å². The van der Waals surface area contributed by atoms with Crippen LogP contribution in [0.3, 0.4) is 0 Å². The monoisotopic (exact) mass is 371 g/mol. The quantitative estimate of drug-likeness (QED) is 0.622. The summed E-state index contributed by atoms with van der Waals surface area (Å²) >= 11 is 0. The second kappa shape index (κ2) is 7.96. The molecule has 1 aromatic carbocycles. The summed E-state index contributed by atoms with van der Waals surface area (Å²) < 4.78 is 12.9. The number of hydrogen-bond donors (Lipinski definition) is 1. The first kappa shape index (κ1) is 19.2. The molecule has 0 aliphatic carbocycles. The van der Waals surface area contributed by atoms with E-state index >= 15 is 0 Å². The largest absolute Gasteiger partial charge is 0.507 e. The number of aromatic nitrogens is 1. The van der Waals surface area contributed by atoms with Gasteiger partial charge in [-0.2, -0.15) is 0 Å². The fourth-order valence-electron chi connectivity index (χ4n) is 3.47. The molecule has 0 bridgehead atoms. The van der Waals surface area contributed by atoms with Gasteiger partial charge >= 0.3 is 5.97 Å². The van der Waals surface area contributed by atoms with E-state index in [4.69, 9.17) is 9.47 Å². The van der Waals surface area contributed by atoms with Crippen LogP contribution in [0, 0.1) is 20.8 Å².